The molecule has 2 heterocycles. The van der Waals surface area contributed by atoms with Crippen molar-refractivity contribution >= 4 is 52.3 Å². The van der Waals surface area contributed by atoms with Gasteiger partial charge in [0, 0.05) is 38.9 Å². The number of para-hydroxylation sites is 1. The van der Waals surface area contributed by atoms with Crippen molar-refractivity contribution in [2.45, 2.75) is 22.6 Å². The van der Waals surface area contributed by atoms with Crippen LogP contribution in [0, 0.1) is 0 Å². The third-order valence-corrected chi connectivity index (χ3v) is 9.61. The van der Waals surface area contributed by atoms with Gasteiger partial charge in [-0.25, -0.2) is 21.8 Å². The molecule has 0 atom stereocenters. The second kappa shape index (κ2) is 9.40. The molecule has 0 spiro atoms. The lowest BCUT2D eigenvalue weighted by atomic mass is 10.2. The van der Waals surface area contributed by atoms with Gasteiger partial charge in [0.2, 0.25) is 5.91 Å². The Bertz CT molecular complexity index is 1360. The number of fused-ring (bicyclic) bond motifs is 1. The lowest BCUT2D eigenvalue weighted by molar-refractivity contribution is -0.131. The van der Waals surface area contributed by atoms with Crippen molar-refractivity contribution < 1.29 is 21.6 Å². The molecule has 4 rings (SSSR count). The number of anilines is 1. The normalized spacial score (nSPS) is 15.2. The molecule has 1 aliphatic rings. The highest BCUT2D eigenvalue weighted by Crippen LogP contribution is 2.33. The molecule has 0 saturated carbocycles. The number of aromatic nitrogens is 1. The molecule has 0 aliphatic carbocycles. The summed E-state index contributed by atoms with van der Waals surface area (Å²) in [5, 5.41) is 0.738. The Balaban J connectivity index is 1.33. The number of hydrogen-bond acceptors (Lipinski definition) is 8. The minimum Gasteiger partial charge on any atom is -0.345 e. The maximum atomic E-state index is 12.6. The topological polar surface area (TPSA) is 105 Å². The number of carbonyl (C=O) groups is 1. The van der Waals surface area contributed by atoms with Crippen LogP contribution in [0.15, 0.2) is 58.3 Å². The molecule has 1 fully saturated rings. The van der Waals surface area contributed by atoms with Crippen LogP contribution in [-0.4, -0.2) is 70.8 Å². The van der Waals surface area contributed by atoms with Crippen molar-refractivity contribution in [2.24, 2.45) is 0 Å². The third-order valence-electron chi connectivity index (χ3n) is 5.58. The van der Waals surface area contributed by atoms with E-state index in [2.05, 4.69) is 9.88 Å². The van der Waals surface area contributed by atoms with Crippen molar-refractivity contribution in [1.82, 2.24) is 9.88 Å². The van der Waals surface area contributed by atoms with Crippen LogP contribution in [0.5, 0.6) is 0 Å². The van der Waals surface area contributed by atoms with E-state index in [-0.39, 0.29) is 34.3 Å². The molecule has 0 radical (unpaired) electrons. The molecule has 1 amide bonds. The maximum absolute atomic E-state index is 12.6. The van der Waals surface area contributed by atoms with Crippen molar-refractivity contribution in [1.29, 1.82) is 0 Å². The first kappa shape index (κ1) is 23.7. The zero-order chi connectivity index (χ0) is 23.6. The quantitative estimate of drug-likeness (QED) is 0.484. The number of piperazine rings is 1. The van der Waals surface area contributed by atoms with Gasteiger partial charge in [-0.15, -0.1) is 0 Å². The summed E-state index contributed by atoms with van der Waals surface area (Å²) >= 11 is 1.44. The SMILES string of the molecule is CS(=O)(=O)c1cccc2sc(N3CCN(C(=O)CCCS(=O)(=O)c4ccccc4)CC3)nc12. The monoisotopic (exact) mass is 507 g/mol. The maximum Gasteiger partial charge on any atom is 0.222 e. The van der Waals surface area contributed by atoms with E-state index in [9.17, 15) is 21.6 Å². The van der Waals surface area contributed by atoms with Gasteiger partial charge in [0.15, 0.2) is 24.8 Å². The second-order valence-corrected chi connectivity index (χ2v) is 13.1. The summed E-state index contributed by atoms with van der Waals surface area (Å²) in [6, 6.07) is 13.4. The third kappa shape index (κ3) is 5.36. The van der Waals surface area contributed by atoms with Crippen LogP contribution in [0.25, 0.3) is 10.2 Å². The molecule has 176 valence electrons. The first-order valence-corrected chi connectivity index (χ1v) is 14.9. The number of sulfone groups is 2. The van der Waals surface area contributed by atoms with Gasteiger partial charge in [-0.05, 0) is 30.7 Å². The van der Waals surface area contributed by atoms with E-state index in [0.717, 1.165) is 9.83 Å². The Morgan fingerprint density at radius 1 is 0.970 bits per heavy atom. The smallest absolute Gasteiger partial charge is 0.222 e. The van der Waals surface area contributed by atoms with Crippen molar-refractivity contribution in [3.8, 4) is 0 Å². The number of hydrogen-bond donors (Lipinski definition) is 0. The molecule has 1 aromatic heterocycles. The molecule has 0 unspecified atom stereocenters. The highest BCUT2D eigenvalue weighted by atomic mass is 32.2. The Morgan fingerprint density at radius 3 is 2.33 bits per heavy atom. The molecule has 1 aliphatic heterocycles. The Morgan fingerprint density at radius 2 is 1.67 bits per heavy atom. The predicted octanol–water partition coefficient (Wildman–Crippen LogP) is 2.60. The minimum atomic E-state index is -3.39. The lowest BCUT2D eigenvalue weighted by Gasteiger charge is -2.34. The highest BCUT2D eigenvalue weighted by Gasteiger charge is 2.25. The van der Waals surface area contributed by atoms with Gasteiger partial charge in [0.1, 0.15) is 5.52 Å². The van der Waals surface area contributed by atoms with E-state index >= 15 is 0 Å². The van der Waals surface area contributed by atoms with Crippen LogP contribution in [-0.2, 0) is 24.5 Å². The van der Waals surface area contributed by atoms with Gasteiger partial charge in [-0.1, -0.05) is 35.6 Å². The zero-order valence-electron chi connectivity index (χ0n) is 18.2. The van der Waals surface area contributed by atoms with Crippen molar-refractivity contribution in [3.05, 3.63) is 48.5 Å². The van der Waals surface area contributed by atoms with Crippen LogP contribution >= 0.6 is 11.3 Å². The summed E-state index contributed by atoms with van der Waals surface area (Å²) in [5.74, 6) is -0.113. The Kier molecular flexibility index (Phi) is 6.73. The van der Waals surface area contributed by atoms with Gasteiger partial charge in [-0.3, -0.25) is 4.79 Å². The summed E-state index contributed by atoms with van der Waals surface area (Å²) in [6.45, 7) is 2.20. The van der Waals surface area contributed by atoms with Gasteiger partial charge >= 0.3 is 0 Å². The van der Waals surface area contributed by atoms with E-state index < -0.39 is 19.7 Å². The molecular weight excluding hydrogens is 482 g/mol. The number of carbonyl (C=O) groups excluding carboxylic acids is 1. The van der Waals surface area contributed by atoms with E-state index in [1.807, 2.05) is 6.07 Å². The predicted molar refractivity (Wildman–Crippen MR) is 129 cm³/mol. The molecule has 11 heteroatoms. The minimum absolute atomic E-state index is 0.0541. The average molecular weight is 508 g/mol. The van der Waals surface area contributed by atoms with Gasteiger partial charge in [-0.2, -0.15) is 0 Å². The largest absolute Gasteiger partial charge is 0.345 e. The second-order valence-electron chi connectivity index (χ2n) is 7.97. The standard InChI is InChI=1S/C22H25N3O5S3/c1-32(27,28)19-10-5-9-18-21(19)23-22(31-18)25-14-12-24(13-15-25)20(26)11-6-16-33(29,30)17-7-3-2-4-8-17/h2-5,7-10H,6,11-16H2,1H3. The van der Waals surface area contributed by atoms with Crippen LogP contribution < -0.4 is 4.90 Å². The summed E-state index contributed by atoms with van der Waals surface area (Å²) < 4.78 is 49.7. The summed E-state index contributed by atoms with van der Waals surface area (Å²) in [7, 11) is -6.76. The molecule has 3 aromatic rings. The lowest BCUT2D eigenvalue weighted by Crippen LogP contribution is -2.48. The summed E-state index contributed by atoms with van der Waals surface area (Å²) in [6.07, 6.45) is 1.64. The fraction of sp³-hybridized carbons (Fsp3) is 0.364. The Labute approximate surface area is 197 Å². The van der Waals surface area contributed by atoms with Crippen LogP contribution in [0.1, 0.15) is 12.8 Å². The number of benzene rings is 2. The zero-order valence-corrected chi connectivity index (χ0v) is 20.6. The molecular formula is C22H25N3O5S3. The van der Waals surface area contributed by atoms with Crippen molar-refractivity contribution in [3.63, 3.8) is 0 Å². The van der Waals surface area contributed by atoms with Gasteiger partial charge in [0.25, 0.3) is 0 Å². The Hall–Kier alpha value is -2.50. The van der Waals surface area contributed by atoms with Crippen molar-refractivity contribution in [2.75, 3.05) is 43.1 Å². The van der Waals surface area contributed by atoms with Crippen LogP contribution in [0.3, 0.4) is 0 Å². The van der Waals surface area contributed by atoms with E-state index in [1.165, 1.54) is 17.6 Å². The van der Waals surface area contributed by atoms with E-state index in [0.29, 0.717) is 31.7 Å². The first-order valence-electron chi connectivity index (χ1n) is 10.6. The molecule has 0 bridgehead atoms. The average Bonchev–Trinajstić information content (AvgIpc) is 3.23. The molecule has 2 aromatic carbocycles. The molecule has 0 N–H and O–H groups in total. The molecule has 33 heavy (non-hydrogen) atoms. The number of rotatable bonds is 7. The van der Waals surface area contributed by atoms with Gasteiger partial charge < -0.3 is 9.80 Å². The fourth-order valence-electron chi connectivity index (χ4n) is 3.81. The van der Waals surface area contributed by atoms with Crippen LogP contribution in [0.2, 0.25) is 0 Å². The van der Waals surface area contributed by atoms with Crippen LogP contribution in [0.4, 0.5) is 5.13 Å². The number of nitrogens with zero attached hydrogens (tertiary/aromatic N) is 3. The number of amides is 1. The first-order chi connectivity index (χ1) is 15.6. The summed E-state index contributed by atoms with van der Waals surface area (Å²) in [5.41, 5.74) is 0.484. The summed E-state index contributed by atoms with van der Waals surface area (Å²) in [4.78, 5) is 21.5. The number of thiazole rings is 1. The van der Waals surface area contributed by atoms with E-state index in [1.54, 1.807) is 47.4 Å². The molecule has 8 nitrogen and oxygen atoms in total. The fourth-order valence-corrected chi connectivity index (χ4v) is 7.08. The van der Waals surface area contributed by atoms with E-state index in [4.69, 9.17) is 0 Å². The van der Waals surface area contributed by atoms with Gasteiger partial charge in [0.05, 0.1) is 20.2 Å². The highest BCUT2D eigenvalue weighted by molar-refractivity contribution is 7.91. The molecule has 1 saturated heterocycles.